The van der Waals surface area contributed by atoms with Crippen molar-refractivity contribution in [1.82, 2.24) is 0 Å². The number of esters is 11. The number of allylic oxidation sites excluding steroid dienone is 6. The topological polar surface area (TPSA) is 598 Å². The summed E-state index contributed by atoms with van der Waals surface area (Å²) < 4.78 is 55.0. The van der Waals surface area contributed by atoms with E-state index < -0.39 is 65.7 Å². The fourth-order valence-electron chi connectivity index (χ4n) is 11.0. The van der Waals surface area contributed by atoms with Gasteiger partial charge in [0.15, 0.2) is 69.2 Å². The lowest BCUT2D eigenvalue weighted by Gasteiger charge is -2.11. The molecular weight excluding hydrogens is 1910 g/mol. The van der Waals surface area contributed by atoms with Crippen molar-refractivity contribution in [3.63, 3.8) is 0 Å². The van der Waals surface area contributed by atoms with Crippen LogP contribution in [0.1, 0.15) is 255 Å². The van der Waals surface area contributed by atoms with E-state index >= 15 is 0 Å². The SMILES string of the molecule is CC(=O)/C=C/c1ccc(OC(=O)CCCC(=O)O)c(O)c1.CC(=O)/C=C/c1ccc(OC(=O)CCCC(=O)O)c(OC(=O)CCCC(=O)O)c1.CC(=O)/C=C/c1ccc(OC(=O)CCCC(=O)O)cc1.CC(=O)/C=C/c1ccc(OC(=O)CCCCC(=O)O)cc1.COC(=O)CCCCC(=O)Oc1ccc(/C=C/C(C)=O)cc1.COC(=O)CCCCC(=O)Oc1ccc(/C=C/C(C)=O)cc1OC(=O)CCCCC(=O)OC. The van der Waals surface area contributed by atoms with E-state index in [2.05, 4.69) is 14.2 Å². The number of rotatable bonds is 56. The van der Waals surface area contributed by atoms with E-state index in [9.17, 15) is 111 Å². The highest BCUT2D eigenvalue weighted by Gasteiger charge is 2.21. The highest BCUT2D eigenvalue weighted by molar-refractivity contribution is 5.95. The lowest BCUT2D eigenvalue weighted by atomic mass is 10.1. The van der Waals surface area contributed by atoms with Gasteiger partial charge in [0.1, 0.15) is 17.2 Å². The lowest BCUT2D eigenvalue weighted by Crippen LogP contribution is -2.13. The van der Waals surface area contributed by atoms with Crippen molar-refractivity contribution in [3.05, 3.63) is 197 Å². The minimum Gasteiger partial charge on any atom is -0.504 e. The minimum atomic E-state index is -1.04. The number of methoxy groups -OCH3 is 3. The number of carboxylic acids is 5. The number of hydrogen-bond donors (Lipinski definition) is 6. The number of ether oxygens (including phenoxy) is 11. The predicted octanol–water partition coefficient (Wildman–Crippen LogP) is 16.5. The highest BCUT2D eigenvalue weighted by atomic mass is 16.6. The summed E-state index contributed by atoms with van der Waals surface area (Å²) in [7, 11) is 3.94. The maximum atomic E-state index is 12.3. The number of aliphatic carboxylic acids is 5. The van der Waals surface area contributed by atoms with Crippen LogP contribution in [0, 0.1) is 0 Å². The molecule has 39 heteroatoms. The predicted molar refractivity (Wildman–Crippen MR) is 527 cm³/mol. The van der Waals surface area contributed by atoms with Crippen LogP contribution in [-0.4, -0.2) is 182 Å². The summed E-state index contributed by atoms with van der Waals surface area (Å²) in [5.74, 6) is -9.62. The summed E-state index contributed by atoms with van der Waals surface area (Å²) in [5.41, 5.74) is 4.20. The molecule has 0 spiro atoms. The van der Waals surface area contributed by atoms with Gasteiger partial charge < -0.3 is 82.7 Å². The molecule has 6 rings (SSSR count). The quantitative estimate of drug-likeness (QED) is 0.00679. The molecule has 0 bridgehead atoms. The van der Waals surface area contributed by atoms with Crippen molar-refractivity contribution in [3.8, 4) is 51.7 Å². The van der Waals surface area contributed by atoms with Gasteiger partial charge in [0.05, 0.1) is 21.3 Å². The highest BCUT2D eigenvalue weighted by Crippen LogP contribution is 2.33. The molecule has 6 aromatic carbocycles. The van der Waals surface area contributed by atoms with Crippen LogP contribution >= 0.6 is 0 Å². The van der Waals surface area contributed by atoms with Crippen LogP contribution in [0.2, 0.25) is 0 Å². The van der Waals surface area contributed by atoms with Crippen LogP contribution in [0.4, 0.5) is 0 Å². The zero-order valence-electron chi connectivity index (χ0n) is 82.5. The molecule has 0 heterocycles. The fourth-order valence-corrected chi connectivity index (χ4v) is 11.0. The first-order chi connectivity index (χ1) is 69.2. The maximum absolute atomic E-state index is 12.3. The molecule has 0 saturated carbocycles. The molecule has 0 aliphatic carbocycles. The largest absolute Gasteiger partial charge is 0.504 e. The Bertz CT molecular complexity index is 5580. The van der Waals surface area contributed by atoms with Gasteiger partial charge in [-0.05, 0) is 261 Å². The average molecular weight is 2030 g/mol. The summed E-state index contributed by atoms with van der Waals surface area (Å²) in [6.45, 7) is 8.59. The summed E-state index contributed by atoms with van der Waals surface area (Å²) in [6.07, 6.45) is 23.1. The monoisotopic (exact) mass is 2030 g/mol. The molecule has 784 valence electrons. The van der Waals surface area contributed by atoms with E-state index in [1.54, 1.807) is 115 Å². The Kier molecular flexibility index (Phi) is 65.3. The third-order valence-corrected chi connectivity index (χ3v) is 18.3. The Hall–Kier alpha value is -16.9. The zero-order chi connectivity index (χ0) is 109. The number of phenolic OH excluding ortho intramolecular Hbond substituents is 1. The standard InChI is InChI=1S/C24H30O9.C20H22O9.C17H20O5.C16H18O5.C15H16O6.C15H16O5/c1-17(25)12-13-18-14-15-19(32-23(28)10-6-4-8-21(26)30-2)20(16-18)33-24(29)11-7-5-9-22(27)31-3;1-13(21)8-9-14-10-11-15(28-19(26)6-2-4-17(22)23)16(12-14)29-20(27)7-3-5-18(24)25;1-13(18)7-8-14-9-11-15(12-10-14)22-17(20)6-4-3-5-16(19)21-2;1-12(17)6-7-13-8-10-14(11-9-13)21-16(20)5-3-2-4-15(18)19;1-10(16)5-6-11-7-8-13(12(17)9-11)21-15(20)4-2-3-14(18)19;1-11(16)5-6-12-7-9-13(10-8-12)20-15(19)4-2-3-14(17)18/h12-16H,4-11H2,1-3H3;8-12H,2-7H2,1H3,(H,22,23)(H,24,25);7-12H,3-6H2,1-2H3;6-11H,2-5H2,1H3,(H,18,19);5-9,17H,2-4H2,1H3,(H,18,19);5-10H,2-4H2,1H3,(H,17,18)/b13-12+;9-8+;8-7+;7-6+;2*6-5+. The number of hydrogen-bond acceptors (Lipinski definition) is 34. The van der Waals surface area contributed by atoms with Crippen molar-refractivity contribution in [1.29, 1.82) is 0 Å². The minimum absolute atomic E-state index is 0.00435. The summed E-state index contributed by atoms with van der Waals surface area (Å²) in [4.78, 5) is 245. The maximum Gasteiger partial charge on any atom is 0.311 e. The van der Waals surface area contributed by atoms with Gasteiger partial charge in [-0.2, -0.15) is 0 Å². The molecule has 0 fully saturated rings. The van der Waals surface area contributed by atoms with E-state index in [1.807, 2.05) is 0 Å². The van der Waals surface area contributed by atoms with Gasteiger partial charge in [0.25, 0.3) is 0 Å². The summed E-state index contributed by atoms with van der Waals surface area (Å²) >= 11 is 0. The number of unbranched alkanes of at least 4 members (excludes halogenated alkanes) is 4. The second-order valence-corrected chi connectivity index (χ2v) is 31.2. The Morgan fingerprint density at radius 2 is 0.370 bits per heavy atom. The van der Waals surface area contributed by atoms with E-state index in [1.165, 1.54) is 148 Å². The molecule has 0 unspecified atom stereocenters. The van der Waals surface area contributed by atoms with E-state index in [4.69, 9.17) is 63.4 Å². The fraction of sp³-hybridized carbons (Fsp3) is 0.346. The third-order valence-electron chi connectivity index (χ3n) is 18.3. The molecular formula is C107H122O39. The number of benzene rings is 6. The molecule has 146 heavy (non-hydrogen) atoms. The van der Waals surface area contributed by atoms with Gasteiger partial charge in [-0.3, -0.25) is 105 Å². The number of carboxylic acid groups (broad SMARTS) is 5. The molecule has 0 amide bonds. The number of carbonyl (C=O) groups excluding carboxylic acids is 17. The molecule has 0 aliphatic rings. The van der Waals surface area contributed by atoms with Gasteiger partial charge in [-0.15, -0.1) is 0 Å². The van der Waals surface area contributed by atoms with Gasteiger partial charge in [-0.25, -0.2) is 0 Å². The van der Waals surface area contributed by atoms with Crippen molar-refractivity contribution in [2.45, 2.75) is 221 Å². The summed E-state index contributed by atoms with van der Waals surface area (Å²) in [5, 5.41) is 52.3. The van der Waals surface area contributed by atoms with Gasteiger partial charge in [0.2, 0.25) is 0 Å². The summed E-state index contributed by atoms with van der Waals surface area (Å²) in [6, 6.07) is 33.6. The lowest BCUT2D eigenvalue weighted by molar-refractivity contribution is -0.141. The third kappa shape index (κ3) is 68.2. The normalized spacial score (nSPS) is 10.5. The smallest absolute Gasteiger partial charge is 0.311 e. The van der Waals surface area contributed by atoms with Crippen LogP contribution in [-0.2, 0) is 120 Å². The van der Waals surface area contributed by atoms with Crippen molar-refractivity contribution < 1.29 is 188 Å². The van der Waals surface area contributed by atoms with Crippen LogP contribution in [0.3, 0.4) is 0 Å². The van der Waals surface area contributed by atoms with E-state index in [0.717, 1.165) is 16.7 Å². The van der Waals surface area contributed by atoms with Gasteiger partial charge >= 0.3 is 95.5 Å². The van der Waals surface area contributed by atoms with Crippen LogP contribution in [0.5, 0.6) is 51.7 Å². The second-order valence-electron chi connectivity index (χ2n) is 31.2. The molecule has 0 atom stereocenters. The number of ketones is 6. The number of aromatic hydroxyl groups is 1. The first-order valence-corrected chi connectivity index (χ1v) is 45.7. The molecule has 0 radical (unpaired) electrons. The molecule has 6 aromatic rings. The van der Waals surface area contributed by atoms with Crippen molar-refractivity contribution in [2.75, 3.05) is 21.3 Å². The van der Waals surface area contributed by atoms with Gasteiger partial charge in [0, 0.05) is 103 Å². The van der Waals surface area contributed by atoms with Crippen molar-refractivity contribution >= 4 is 167 Å². The van der Waals surface area contributed by atoms with E-state index in [0.29, 0.717) is 91.7 Å². The molecule has 39 nitrogen and oxygen atoms in total. The Labute approximate surface area is 842 Å². The number of phenols is 1. The van der Waals surface area contributed by atoms with Crippen LogP contribution in [0.25, 0.3) is 36.5 Å². The first-order valence-electron chi connectivity index (χ1n) is 45.7. The Morgan fingerprint density at radius 1 is 0.199 bits per heavy atom. The Morgan fingerprint density at radius 3 is 0.589 bits per heavy atom. The van der Waals surface area contributed by atoms with Gasteiger partial charge in [-0.1, -0.05) is 91.1 Å². The molecule has 0 aliphatic heterocycles. The zero-order valence-corrected chi connectivity index (χ0v) is 82.5. The van der Waals surface area contributed by atoms with Crippen LogP contribution < -0.4 is 37.9 Å². The Balaban J connectivity index is 0.000000885. The molecule has 0 aromatic heterocycles. The van der Waals surface area contributed by atoms with E-state index in [-0.39, 0.29) is 221 Å². The number of carbonyl (C=O) groups is 22. The average Bonchev–Trinajstić information content (AvgIpc) is 0.848. The van der Waals surface area contributed by atoms with Crippen LogP contribution in [0.15, 0.2) is 164 Å². The first kappa shape index (κ1) is 127. The second kappa shape index (κ2) is 75.0. The molecule has 6 N–H and O–H groups in total. The van der Waals surface area contributed by atoms with Crippen molar-refractivity contribution in [2.24, 2.45) is 0 Å². The molecule has 0 saturated heterocycles.